The minimum absolute atomic E-state index is 0.0408. The first-order chi connectivity index (χ1) is 15.8. The minimum Gasteiger partial charge on any atom is -0.479 e. The zero-order chi connectivity index (χ0) is 23.6. The van der Waals surface area contributed by atoms with Crippen molar-refractivity contribution in [3.63, 3.8) is 0 Å². The molecule has 3 aliphatic rings. The molecule has 1 aromatic carbocycles. The number of hydrogen-bond acceptors (Lipinski definition) is 5. The van der Waals surface area contributed by atoms with Gasteiger partial charge in [0.1, 0.15) is 17.6 Å². The average Bonchev–Trinajstić information content (AvgIpc) is 3.33. The van der Waals surface area contributed by atoms with Crippen molar-refractivity contribution < 1.29 is 24.6 Å². The largest absolute Gasteiger partial charge is 0.479 e. The second-order valence-corrected chi connectivity index (χ2v) is 9.68. The lowest BCUT2D eigenvalue weighted by Gasteiger charge is -2.30. The Hall–Kier alpha value is -2.58. The van der Waals surface area contributed by atoms with Crippen LogP contribution in [0.3, 0.4) is 0 Å². The fourth-order valence-electron chi connectivity index (χ4n) is 4.83. The van der Waals surface area contributed by atoms with E-state index in [-0.39, 0.29) is 24.8 Å². The van der Waals surface area contributed by atoms with Crippen molar-refractivity contribution in [2.75, 3.05) is 11.9 Å². The normalized spacial score (nSPS) is 33.7. The van der Waals surface area contributed by atoms with Crippen LogP contribution in [0.1, 0.15) is 44.9 Å². The molecule has 33 heavy (non-hydrogen) atoms. The van der Waals surface area contributed by atoms with Crippen LogP contribution in [0.5, 0.6) is 0 Å². The molecule has 1 aliphatic carbocycles. The topological polar surface area (TPSA) is 119 Å². The van der Waals surface area contributed by atoms with E-state index < -0.39 is 35.6 Å². The highest BCUT2D eigenvalue weighted by atomic mass is 35.5. The molecule has 2 fully saturated rings. The number of aliphatic hydroxyl groups excluding tert-OH is 1. The number of aliphatic hydroxyl groups is 1. The maximum Gasteiger partial charge on any atom is 0.330 e. The minimum atomic E-state index is -1.34. The molecule has 4 rings (SSSR count). The smallest absolute Gasteiger partial charge is 0.330 e. The van der Waals surface area contributed by atoms with E-state index in [1.165, 1.54) is 4.90 Å². The zero-order valence-electron chi connectivity index (χ0n) is 18.4. The van der Waals surface area contributed by atoms with Gasteiger partial charge in [-0.15, -0.1) is 0 Å². The maximum atomic E-state index is 13.6. The van der Waals surface area contributed by atoms with Crippen molar-refractivity contribution in [1.82, 2.24) is 10.2 Å². The third-order valence-electron chi connectivity index (χ3n) is 6.82. The van der Waals surface area contributed by atoms with Crippen molar-refractivity contribution in [3.05, 3.63) is 41.4 Å². The summed E-state index contributed by atoms with van der Waals surface area (Å²) in [5.74, 6) is -2.14. The van der Waals surface area contributed by atoms with Gasteiger partial charge in [-0.3, -0.25) is 9.59 Å². The Morgan fingerprint density at radius 3 is 2.67 bits per heavy atom. The van der Waals surface area contributed by atoms with Gasteiger partial charge < -0.3 is 25.7 Å². The monoisotopic (exact) mass is 475 g/mol. The number of benzene rings is 1. The predicted molar refractivity (Wildman–Crippen MR) is 124 cm³/mol. The Labute approximate surface area is 198 Å². The molecule has 2 amide bonds. The van der Waals surface area contributed by atoms with E-state index in [1.807, 2.05) is 12.2 Å². The van der Waals surface area contributed by atoms with Crippen LogP contribution in [-0.2, 0) is 14.4 Å². The van der Waals surface area contributed by atoms with Gasteiger partial charge in [0, 0.05) is 29.6 Å². The van der Waals surface area contributed by atoms with E-state index in [0.717, 1.165) is 31.4 Å². The number of carbonyl (C=O) groups is 3. The van der Waals surface area contributed by atoms with Crippen molar-refractivity contribution in [3.8, 4) is 0 Å². The number of rotatable bonds is 3. The van der Waals surface area contributed by atoms with Gasteiger partial charge in [0.2, 0.25) is 11.8 Å². The van der Waals surface area contributed by atoms with Crippen LogP contribution in [0.25, 0.3) is 0 Å². The number of fused-ring (bicyclic) bond motifs is 2. The van der Waals surface area contributed by atoms with Crippen LogP contribution in [0, 0.1) is 5.92 Å². The van der Waals surface area contributed by atoms with Crippen LogP contribution < -0.4 is 10.6 Å². The number of nitrogens with one attached hydrogen (secondary N) is 2. The summed E-state index contributed by atoms with van der Waals surface area (Å²) in [4.78, 5) is 40.0. The van der Waals surface area contributed by atoms with Crippen LogP contribution in [0.2, 0.25) is 5.02 Å². The van der Waals surface area contributed by atoms with Crippen molar-refractivity contribution >= 4 is 35.1 Å². The number of anilines is 1. The quantitative estimate of drug-likeness (QED) is 0.499. The molecule has 0 radical (unpaired) electrons. The molecule has 2 aliphatic heterocycles. The van der Waals surface area contributed by atoms with E-state index in [1.54, 1.807) is 24.3 Å². The molecule has 5 atom stereocenters. The molecule has 0 unspecified atom stereocenters. The Kier molecular flexibility index (Phi) is 6.95. The number of carboxylic acids is 1. The fraction of sp³-hybridized carbons (Fsp3) is 0.542. The Morgan fingerprint density at radius 1 is 1.18 bits per heavy atom. The van der Waals surface area contributed by atoms with Gasteiger partial charge in [-0.25, -0.2) is 4.79 Å². The van der Waals surface area contributed by atoms with E-state index in [4.69, 9.17) is 11.6 Å². The Morgan fingerprint density at radius 2 is 1.94 bits per heavy atom. The number of hydrogen-bond donors (Lipinski definition) is 4. The van der Waals surface area contributed by atoms with Gasteiger partial charge in [0.05, 0.1) is 6.10 Å². The average molecular weight is 476 g/mol. The Balaban J connectivity index is 1.58. The van der Waals surface area contributed by atoms with Gasteiger partial charge in [-0.2, -0.15) is 0 Å². The lowest BCUT2D eigenvalue weighted by Crippen LogP contribution is -2.55. The molecule has 2 heterocycles. The number of carboxylic acid groups (broad SMARTS) is 1. The summed E-state index contributed by atoms with van der Waals surface area (Å²) in [5.41, 5.74) is -0.596. The van der Waals surface area contributed by atoms with Crippen LogP contribution in [0.15, 0.2) is 36.4 Å². The van der Waals surface area contributed by atoms with Gasteiger partial charge in [0.25, 0.3) is 0 Å². The highest BCUT2D eigenvalue weighted by molar-refractivity contribution is 6.30. The molecule has 8 nitrogen and oxygen atoms in total. The van der Waals surface area contributed by atoms with E-state index in [0.29, 0.717) is 17.9 Å². The SMILES string of the molecule is O=C1N[C@]2(C(=O)O)C[C@H]2/C=C\CCCCC[C@H](Nc2ccc(Cl)cc2)C(=O)N2C[C@H](O)C[C@@H]12. The molecule has 0 aromatic heterocycles. The summed E-state index contributed by atoms with van der Waals surface area (Å²) in [6.45, 7) is 0.0408. The standard InChI is InChI=1S/C24H30ClN3O5/c25-16-8-10-17(11-9-16)26-19-7-5-3-1-2-4-6-15-13-24(15,23(32)33)27-21(30)20-12-18(29)14-28(20)22(19)31/h4,6,8-11,15,18-20,26,29H,1-3,5,7,12-14H2,(H,27,30)(H,32,33)/b6-4-/t15-,18-,19+,20+,24-/m1/s1. The molecule has 0 spiro atoms. The first kappa shape index (κ1) is 23.6. The van der Waals surface area contributed by atoms with Crippen LogP contribution >= 0.6 is 11.6 Å². The molecule has 1 saturated heterocycles. The number of halogens is 1. The Bertz CT molecular complexity index is 937. The van der Waals surface area contributed by atoms with Crippen molar-refractivity contribution in [2.24, 2.45) is 5.92 Å². The summed E-state index contributed by atoms with van der Waals surface area (Å²) in [5, 5.41) is 26.6. The van der Waals surface area contributed by atoms with E-state index >= 15 is 0 Å². The molecular weight excluding hydrogens is 446 g/mol. The molecule has 178 valence electrons. The summed E-state index contributed by atoms with van der Waals surface area (Å²) >= 11 is 5.98. The summed E-state index contributed by atoms with van der Waals surface area (Å²) in [6, 6.07) is 5.58. The van der Waals surface area contributed by atoms with Crippen molar-refractivity contribution in [2.45, 2.75) is 68.7 Å². The van der Waals surface area contributed by atoms with Gasteiger partial charge in [-0.05, 0) is 49.9 Å². The number of aliphatic carboxylic acids is 1. The number of carbonyl (C=O) groups excluding carboxylic acids is 2. The number of amides is 2. The van der Waals surface area contributed by atoms with Gasteiger partial charge in [0.15, 0.2) is 0 Å². The second kappa shape index (κ2) is 9.73. The third kappa shape index (κ3) is 5.17. The highest BCUT2D eigenvalue weighted by Crippen LogP contribution is 2.45. The molecule has 1 saturated carbocycles. The summed E-state index contributed by atoms with van der Waals surface area (Å²) < 4.78 is 0. The molecular formula is C24H30ClN3O5. The second-order valence-electron chi connectivity index (χ2n) is 9.24. The first-order valence-corrected chi connectivity index (χ1v) is 11.9. The maximum absolute atomic E-state index is 13.6. The van der Waals surface area contributed by atoms with Crippen molar-refractivity contribution in [1.29, 1.82) is 0 Å². The first-order valence-electron chi connectivity index (χ1n) is 11.5. The van der Waals surface area contributed by atoms with Crippen LogP contribution in [0.4, 0.5) is 5.69 Å². The summed E-state index contributed by atoms with van der Waals surface area (Å²) in [7, 11) is 0. The third-order valence-corrected chi connectivity index (χ3v) is 7.07. The van der Waals surface area contributed by atoms with E-state index in [2.05, 4.69) is 10.6 Å². The van der Waals surface area contributed by atoms with Crippen LogP contribution in [-0.4, -0.2) is 63.2 Å². The molecule has 1 aromatic rings. The lowest BCUT2D eigenvalue weighted by atomic mass is 10.0. The number of nitrogens with zero attached hydrogens (tertiary/aromatic N) is 1. The molecule has 0 bridgehead atoms. The number of allylic oxidation sites excluding steroid dienone is 1. The fourth-order valence-corrected chi connectivity index (χ4v) is 4.95. The predicted octanol–water partition coefficient (Wildman–Crippen LogP) is 2.56. The van der Waals surface area contributed by atoms with E-state index in [9.17, 15) is 24.6 Å². The molecule has 4 N–H and O–H groups in total. The summed E-state index contributed by atoms with van der Waals surface area (Å²) in [6.07, 6.45) is 7.52. The zero-order valence-corrected chi connectivity index (χ0v) is 19.1. The lowest BCUT2D eigenvalue weighted by molar-refractivity contribution is -0.145. The highest BCUT2D eigenvalue weighted by Gasteiger charge is 2.61. The van der Waals surface area contributed by atoms with Gasteiger partial charge in [-0.1, -0.05) is 36.6 Å². The van der Waals surface area contributed by atoms with Gasteiger partial charge >= 0.3 is 5.97 Å². The molecule has 9 heteroatoms.